The van der Waals surface area contributed by atoms with Gasteiger partial charge in [-0.05, 0) is 24.3 Å². The number of nitrogens with zero attached hydrogens (tertiary/aromatic N) is 1. The van der Waals surface area contributed by atoms with Crippen molar-refractivity contribution >= 4 is 29.0 Å². The van der Waals surface area contributed by atoms with Crippen molar-refractivity contribution in [2.24, 2.45) is 0 Å². The summed E-state index contributed by atoms with van der Waals surface area (Å²) in [6, 6.07) is 8.06. The highest BCUT2D eigenvalue weighted by molar-refractivity contribution is 6.42. The number of allylic oxidation sites excluding steroid dienone is 1. The number of halogens is 2. The monoisotopic (exact) mass is 381 g/mol. The van der Waals surface area contributed by atoms with E-state index in [1.54, 1.807) is 24.3 Å². The lowest BCUT2D eigenvalue weighted by molar-refractivity contribution is -0.427. The highest BCUT2D eigenvalue weighted by Crippen LogP contribution is 2.44. The minimum absolute atomic E-state index is 0.0610. The van der Waals surface area contributed by atoms with Gasteiger partial charge in [-0.25, -0.2) is 0 Å². The number of fused-ring (bicyclic) bond motifs is 1. The van der Waals surface area contributed by atoms with Crippen LogP contribution >= 0.6 is 23.2 Å². The predicted octanol–water partition coefficient (Wildman–Crippen LogP) is 4.59. The summed E-state index contributed by atoms with van der Waals surface area (Å²) in [5.74, 6) is 1.48. The second-order valence-electron chi connectivity index (χ2n) is 5.26. The standard InChI is InChI=1S/C17H13Cl2NO5/c1-23-11-5-10-7-14(20(21)22)16(25-17(10)15(8-11)24-2)9-3-4-12(18)13(19)6-9/h3-6,8H,7H2,1-2H3. The number of hydrogen-bond donors (Lipinski definition) is 0. The summed E-state index contributed by atoms with van der Waals surface area (Å²) in [5.41, 5.74) is 0.984. The van der Waals surface area contributed by atoms with Gasteiger partial charge < -0.3 is 14.2 Å². The third-order valence-corrected chi connectivity index (χ3v) is 4.53. The number of rotatable bonds is 4. The van der Waals surface area contributed by atoms with Crippen LogP contribution in [0.1, 0.15) is 11.1 Å². The Hall–Kier alpha value is -2.44. The molecule has 8 heteroatoms. The molecule has 25 heavy (non-hydrogen) atoms. The predicted molar refractivity (Wildman–Crippen MR) is 94.3 cm³/mol. The van der Waals surface area contributed by atoms with Gasteiger partial charge in [-0.3, -0.25) is 10.1 Å². The zero-order valence-electron chi connectivity index (χ0n) is 13.3. The molecule has 0 saturated carbocycles. The molecular formula is C17H13Cl2NO5. The van der Waals surface area contributed by atoms with Gasteiger partial charge in [0.25, 0.3) is 5.70 Å². The maximum atomic E-state index is 11.6. The Morgan fingerprint density at radius 2 is 1.88 bits per heavy atom. The Morgan fingerprint density at radius 3 is 2.48 bits per heavy atom. The summed E-state index contributed by atoms with van der Waals surface area (Å²) >= 11 is 12.0. The second kappa shape index (κ2) is 6.82. The molecule has 0 bridgehead atoms. The summed E-state index contributed by atoms with van der Waals surface area (Å²) in [7, 11) is 3.00. The van der Waals surface area contributed by atoms with Crippen LogP contribution in [0.3, 0.4) is 0 Å². The van der Waals surface area contributed by atoms with Crippen molar-refractivity contribution in [2.75, 3.05) is 14.2 Å². The molecule has 0 radical (unpaired) electrons. The Morgan fingerprint density at radius 1 is 1.12 bits per heavy atom. The Balaban J connectivity index is 2.16. The van der Waals surface area contributed by atoms with E-state index in [0.29, 0.717) is 33.4 Å². The summed E-state index contributed by atoms with van der Waals surface area (Å²) in [5, 5.41) is 12.2. The van der Waals surface area contributed by atoms with E-state index in [9.17, 15) is 10.1 Å². The molecule has 0 aromatic heterocycles. The van der Waals surface area contributed by atoms with Gasteiger partial charge in [-0.2, -0.15) is 0 Å². The van der Waals surface area contributed by atoms with E-state index in [4.69, 9.17) is 37.4 Å². The summed E-state index contributed by atoms with van der Waals surface area (Å²) in [6.07, 6.45) is 0.0610. The molecule has 0 N–H and O–H groups in total. The zero-order valence-corrected chi connectivity index (χ0v) is 14.9. The topological polar surface area (TPSA) is 70.8 Å². The molecule has 130 valence electrons. The van der Waals surface area contributed by atoms with Crippen LogP contribution in [0, 0.1) is 10.1 Å². The minimum Gasteiger partial charge on any atom is -0.497 e. The number of methoxy groups -OCH3 is 2. The smallest absolute Gasteiger partial charge is 0.293 e. The van der Waals surface area contributed by atoms with Crippen molar-refractivity contribution in [1.29, 1.82) is 0 Å². The van der Waals surface area contributed by atoms with E-state index < -0.39 is 4.92 Å². The summed E-state index contributed by atoms with van der Waals surface area (Å²) in [4.78, 5) is 11.1. The van der Waals surface area contributed by atoms with E-state index in [-0.39, 0.29) is 22.9 Å². The Bertz CT molecular complexity index is 895. The molecule has 3 rings (SSSR count). The van der Waals surface area contributed by atoms with Crippen molar-refractivity contribution in [3.05, 3.63) is 67.3 Å². The fraction of sp³-hybridized carbons (Fsp3) is 0.176. The van der Waals surface area contributed by atoms with Gasteiger partial charge >= 0.3 is 0 Å². The first-order chi connectivity index (χ1) is 11.9. The third kappa shape index (κ3) is 3.23. The molecule has 0 unspecified atom stereocenters. The van der Waals surface area contributed by atoms with E-state index in [0.717, 1.165) is 0 Å². The van der Waals surface area contributed by atoms with Gasteiger partial charge in [0.2, 0.25) is 5.76 Å². The summed E-state index contributed by atoms with van der Waals surface area (Å²) in [6.45, 7) is 0. The third-order valence-electron chi connectivity index (χ3n) is 3.79. The fourth-order valence-corrected chi connectivity index (χ4v) is 2.88. The minimum atomic E-state index is -0.466. The molecular weight excluding hydrogens is 369 g/mol. The molecule has 0 spiro atoms. The average Bonchev–Trinajstić information content (AvgIpc) is 2.61. The van der Waals surface area contributed by atoms with Crippen molar-refractivity contribution in [1.82, 2.24) is 0 Å². The lowest BCUT2D eigenvalue weighted by Gasteiger charge is -2.22. The van der Waals surface area contributed by atoms with Crippen LogP contribution in [0.15, 0.2) is 36.0 Å². The van der Waals surface area contributed by atoms with Crippen molar-refractivity contribution in [3.8, 4) is 17.2 Å². The van der Waals surface area contributed by atoms with Crippen molar-refractivity contribution in [3.63, 3.8) is 0 Å². The molecule has 2 aromatic rings. The van der Waals surface area contributed by atoms with Gasteiger partial charge in [0.15, 0.2) is 11.5 Å². The molecule has 2 aromatic carbocycles. The van der Waals surface area contributed by atoms with E-state index >= 15 is 0 Å². The van der Waals surface area contributed by atoms with Gasteiger partial charge in [-0.15, -0.1) is 0 Å². The number of benzene rings is 2. The maximum absolute atomic E-state index is 11.6. The Labute approximate surface area is 153 Å². The molecule has 0 fully saturated rings. The largest absolute Gasteiger partial charge is 0.497 e. The summed E-state index contributed by atoms with van der Waals surface area (Å²) < 4.78 is 16.4. The fourth-order valence-electron chi connectivity index (χ4n) is 2.58. The molecule has 6 nitrogen and oxygen atoms in total. The SMILES string of the molecule is COc1cc2c(c(OC)c1)OC(c1ccc(Cl)c(Cl)c1)=C([N+](=O)[O-])C2. The van der Waals surface area contributed by atoms with Crippen molar-refractivity contribution < 1.29 is 19.1 Å². The zero-order chi connectivity index (χ0) is 18.1. The Kier molecular flexibility index (Phi) is 4.74. The molecule has 0 atom stereocenters. The van der Waals surface area contributed by atoms with Crippen LogP contribution in [-0.2, 0) is 6.42 Å². The van der Waals surface area contributed by atoms with Gasteiger partial charge in [0.05, 0.1) is 35.6 Å². The van der Waals surface area contributed by atoms with Crippen LogP contribution in [-0.4, -0.2) is 19.1 Å². The van der Waals surface area contributed by atoms with Gasteiger partial charge in [-0.1, -0.05) is 23.2 Å². The van der Waals surface area contributed by atoms with Gasteiger partial charge in [0, 0.05) is 17.2 Å². The second-order valence-corrected chi connectivity index (χ2v) is 6.07. The van der Waals surface area contributed by atoms with Crippen LogP contribution in [0.4, 0.5) is 0 Å². The molecule has 1 aliphatic rings. The average molecular weight is 382 g/mol. The first-order valence-corrected chi connectivity index (χ1v) is 7.96. The quantitative estimate of drug-likeness (QED) is 0.571. The van der Waals surface area contributed by atoms with E-state index in [2.05, 4.69) is 0 Å². The maximum Gasteiger partial charge on any atom is 0.293 e. The molecule has 1 aliphatic heterocycles. The highest BCUT2D eigenvalue weighted by atomic mass is 35.5. The number of hydrogen-bond acceptors (Lipinski definition) is 5. The van der Waals surface area contributed by atoms with E-state index in [1.807, 2.05) is 0 Å². The molecule has 0 aliphatic carbocycles. The lowest BCUT2D eigenvalue weighted by Crippen LogP contribution is -2.16. The van der Waals surface area contributed by atoms with Crippen LogP contribution < -0.4 is 14.2 Å². The normalized spacial score (nSPS) is 13.1. The van der Waals surface area contributed by atoms with Crippen LogP contribution in [0.2, 0.25) is 10.0 Å². The number of ether oxygens (including phenoxy) is 3. The molecule has 0 saturated heterocycles. The van der Waals surface area contributed by atoms with Crippen LogP contribution in [0.5, 0.6) is 17.2 Å². The highest BCUT2D eigenvalue weighted by Gasteiger charge is 2.32. The first-order valence-electron chi connectivity index (χ1n) is 7.20. The molecule has 0 amide bonds. The van der Waals surface area contributed by atoms with E-state index in [1.165, 1.54) is 20.3 Å². The van der Waals surface area contributed by atoms with Crippen LogP contribution in [0.25, 0.3) is 5.76 Å². The number of nitro groups is 1. The van der Waals surface area contributed by atoms with Gasteiger partial charge in [0.1, 0.15) is 5.75 Å². The molecule has 1 heterocycles. The first kappa shape index (κ1) is 17.4. The van der Waals surface area contributed by atoms with Crippen molar-refractivity contribution in [2.45, 2.75) is 6.42 Å². The lowest BCUT2D eigenvalue weighted by atomic mass is 10.0.